The molecule has 0 bridgehead atoms. The first-order chi connectivity index (χ1) is 12.2. The normalized spacial score (nSPS) is 14.1. The van der Waals surface area contributed by atoms with Crippen LogP contribution in [0.15, 0.2) is 42.5 Å². The minimum atomic E-state index is -0.360. The lowest BCUT2D eigenvalue weighted by atomic mass is 10.2. The van der Waals surface area contributed by atoms with E-state index in [1.807, 2.05) is 0 Å². The summed E-state index contributed by atoms with van der Waals surface area (Å²) in [5.41, 5.74) is 1.09. The number of carbonyl (C=O) groups is 2. The number of nitrogens with one attached hydrogen (secondary N) is 2. The van der Waals surface area contributed by atoms with Crippen LogP contribution in [0.4, 0.5) is 5.69 Å². The molecular weight excluding hydrogens is 318 g/mol. The number of amides is 2. The number of hydrogen-bond donors (Lipinski definition) is 2. The van der Waals surface area contributed by atoms with Crippen molar-refractivity contribution in [3.05, 3.63) is 53.9 Å². The standard InChI is InChI=1S/C19H21N3O3/c1-25-15-11-9-14(10-12-15)21-19(24)17-8-4-7-16(22-17)18(23)20-13-5-2-3-6-13/h4,7-13H,2-3,5-6H2,1H3,(H,20,23)(H,21,24). The van der Waals surface area contributed by atoms with Crippen molar-refractivity contribution in [2.24, 2.45) is 0 Å². The summed E-state index contributed by atoms with van der Waals surface area (Å²) in [5.74, 6) is 0.119. The SMILES string of the molecule is COc1ccc(NC(=O)c2cccc(C(=O)NC3CCCC3)n2)cc1. The molecule has 1 fully saturated rings. The molecule has 6 nitrogen and oxygen atoms in total. The van der Waals surface area contributed by atoms with Crippen LogP contribution in [-0.4, -0.2) is 29.9 Å². The number of nitrogens with zero attached hydrogens (tertiary/aromatic N) is 1. The first kappa shape index (κ1) is 17.0. The van der Waals surface area contributed by atoms with E-state index in [0.29, 0.717) is 11.4 Å². The van der Waals surface area contributed by atoms with Gasteiger partial charge in [0.25, 0.3) is 11.8 Å². The van der Waals surface area contributed by atoms with Crippen LogP contribution in [0.3, 0.4) is 0 Å². The van der Waals surface area contributed by atoms with Crippen LogP contribution in [0, 0.1) is 0 Å². The largest absolute Gasteiger partial charge is 0.497 e. The van der Waals surface area contributed by atoms with Crippen LogP contribution in [0.5, 0.6) is 5.75 Å². The van der Waals surface area contributed by atoms with E-state index in [9.17, 15) is 9.59 Å². The summed E-state index contributed by atoms with van der Waals surface area (Å²) in [6.45, 7) is 0. The van der Waals surface area contributed by atoms with Crippen LogP contribution >= 0.6 is 0 Å². The van der Waals surface area contributed by atoms with Crippen molar-refractivity contribution in [2.75, 3.05) is 12.4 Å². The van der Waals surface area contributed by atoms with Gasteiger partial charge >= 0.3 is 0 Å². The Morgan fingerprint density at radius 2 is 1.64 bits per heavy atom. The fraction of sp³-hybridized carbons (Fsp3) is 0.316. The fourth-order valence-corrected chi connectivity index (χ4v) is 2.89. The van der Waals surface area contributed by atoms with Crippen LogP contribution < -0.4 is 15.4 Å². The third kappa shape index (κ3) is 4.35. The van der Waals surface area contributed by atoms with Gasteiger partial charge in [-0.15, -0.1) is 0 Å². The summed E-state index contributed by atoms with van der Waals surface area (Å²) < 4.78 is 5.09. The number of benzene rings is 1. The molecule has 0 radical (unpaired) electrons. The highest BCUT2D eigenvalue weighted by atomic mass is 16.5. The van der Waals surface area contributed by atoms with Crippen molar-refractivity contribution in [3.63, 3.8) is 0 Å². The topological polar surface area (TPSA) is 80.3 Å². The summed E-state index contributed by atoms with van der Waals surface area (Å²) in [4.78, 5) is 28.8. The highest BCUT2D eigenvalue weighted by molar-refractivity contribution is 6.03. The van der Waals surface area contributed by atoms with Gasteiger partial charge in [0.1, 0.15) is 17.1 Å². The van der Waals surface area contributed by atoms with Gasteiger partial charge in [-0.1, -0.05) is 18.9 Å². The van der Waals surface area contributed by atoms with Crippen LogP contribution in [0.2, 0.25) is 0 Å². The molecule has 130 valence electrons. The molecule has 1 heterocycles. The molecule has 2 amide bonds. The van der Waals surface area contributed by atoms with Crippen molar-refractivity contribution >= 4 is 17.5 Å². The van der Waals surface area contributed by atoms with Gasteiger partial charge in [0.05, 0.1) is 7.11 Å². The monoisotopic (exact) mass is 339 g/mol. The van der Waals surface area contributed by atoms with Crippen molar-refractivity contribution < 1.29 is 14.3 Å². The van der Waals surface area contributed by atoms with E-state index < -0.39 is 0 Å². The lowest BCUT2D eigenvalue weighted by molar-refractivity contribution is 0.0932. The predicted octanol–water partition coefficient (Wildman–Crippen LogP) is 3.01. The third-order valence-corrected chi connectivity index (χ3v) is 4.25. The molecule has 1 aliphatic rings. The fourth-order valence-electron chi connectivity index (χ4n) is 2.89. The average Bonchev–Trinajstić information content (AvgIpc) is 3.15. The lowest BCUT2D eigenvalue weighted by Gasteiger charge is -2.12. The number of hydrogen-bond acceptors (Lipinski definition) is 4. The zero-order valence-corrected chi connectivity index (χ0v) is 14.1. The summed E-state index contributed by atoms with van der Waals surface area (Å²) >= 11 is 0. The molecule has 2 N–H and O–H groups in total. The van der Waals surface area contributed by atoms with E-state index in [2.05, 4.69) is 15.6 Å². The quantitative estimate of drug-likeness (QED) is 0.877. The summed E-state index contributed by atoms with van der Waals surface area (Å²) in [6.07, 6.45) is 4.29. The van der Waals surface area contributed by atoms with Crippen LogP contribution in [-0.2, 0) is 0 Å². The molecule has 0 spiro atoms. The van der Waals surface area contributed by atoms with Gasteiger partial charge in [-0.05, 0) is 49.2 Å². The second-order valence-corrected chi connectivity index (χ2v) is 6.05. The Labute approximate surface area is 146 Å². The molecule has 1 aliphatic carbocycles. The molecule has 2 aromatic rings. The molecule has 1 aromatic carbocycles. The zero-order valence-electron chi connectivity index (χ0n) is 14.1. The molecule has 3 rings (SSSR count). The maximum absolute atomic E-state index is 12.4. The van der Waals surface area contributed by atoms with Crippen molar-refractivity contribution in [3.8, 4) is 5.75 Å². The van der Waals surface area contributed by atoms with E-state index >= 15 is 0 Å². The van der Waals surface area contributed by atoms with E-state index in [4.69, 9.17) is 4.74 Å². The number of anilines is 1. The minimum absolute atomic E-state index is 0.204. The molecule has 25 heavy (non-hydrogen) atoms. The van der Waals surface area contributed by atoms with Gasteiger partial charge in [-0.25, -0.2) is 4.98 Å². The van der Waals surface area contributed by atoms with Crippen LogP contribution in [0.1, 0.15) is 46.7 Å². The van der Waals surface area contributed by atoms with Gasteiger partial charge in [0.15, 0.2) is 0 Å². The molecule has 0 atom stereocenters. The minimum Gasteiger partial charge on any atom is -0.497 e. The van der Waals surface area contributed by atoms with Crippen molar-refractivity contribution in [1.29, 1.82) is 0 Å². The number of pyridine rings is 1. The van der Waals surface area contributed by atoms with E-state index in [1.54, 1.807) is 49.6 Å². The molecule has 0 unspecified atom stereocenters. The number of carbonyl (C=O) groups excluding carboxylic acids is 2. The third-order valence-electron chi connectivity index (χ3n) is 4.25. The molecule has 6 heteroatoms. The first-order valence-corrected chi connectivity index (χ1v) is 8.39. The zero-order chi connectivity index (χ0) is 17.6. The Balaban J connectivity index is 1.66. The van der Waals surface area contributed by atoms with E-state index in [1.165, 1.54) is 0 Å². The van der Waals surface area contributed by atoms with Crippen molar-refractivity contribution in [2.45, 2.75) is 31.7 Å². The Bertz CT molecular complexity index is 753. The second-order valence-electron chi connectivity index (χ2n) is 6.05. The average molecular weight is 339 g/mol. The number of ether oxygens (including phenoxy) is 1. The maximum Gasteiger partial charge on any atom is 0.274 e. The molecule has 1 saturated carbocycles. The highest BCUT2D eigenvalue weighted by Gasteiger charge is 2.19. The maximum atomic E-state index is 12.4. The smallest absolute Gasteiger partial charge is 0.274 e. The Morgan fingerprint density at radius 3 is 2.28 bits per heavy atom. The van der Waals surface area contributed by atoms with Crippen LogP contribution in [0.25, 0.3) is 0 Å². The summed E-state index contributed by atoms with van der Waals surface area (Å²) in [7, 11) is 1.58. The van der Waals surface area contributed by atoms with Crippen molar-refractivity contribution in [1.82, 2.24) is 10.3 Å². The van der Waals surface area contributed by atoms with Gasteiger partial charge in [-0.2, -0.15) is 0 Å². The summed E-state index contributed by atoms with van der Waals surface area (Å²) in [6, 6.07) is 12.1. The summed E-state index contributed by atoms with van der Waals surface area (Å²) in [5, 5.41) is 5.74. The van der Waals surface area contributed by atoms with E-state index in [0.717, 1.165) is 25.7 Å². The molecular formula is C19H21N3O3. The number of rotatable bonds is 5. The molecule has 1 aromatic heterocycles. The number of aromatic nitrogens is 1. The van der Waals surface area contributed by atoms with Gasteiger partial charge in [0, 0.05) is 11.7 Å². The predicted molar refractivity (Wildman–Crippen MR) is 94.9 cm³/mol. The Hall–Kier alpha value is -2.89. The highest BCUT2D eigenvalue weighted by Crippen LogP contribution is 2.18. The Morgan fingerprint density at radius 1 is 1.00 bits per heavy atom. The van der Waals surface area contributed by atoms with E-state index in [-0.39, 0.29) is 29.2 Å². The lowest BCUT2D eigenvalue weighted by Crippen LogP contribution is -2.33. The second kappa shape index (κ2) is 7.79. The first-order valence-electron chi connectivity index (χ1n) is 8.39. The van der Waals surface area contributed by atoms with Gasteiger partial charge in [-0.3, -0.25) is 9.59 Å². The van der Waals surface area contributed by atoms with Gasteiger partial charge in [0.2, 0.25) is 0 Å². The number of methoxy groups -OCH3 is 1. The molecule has 0 aliphatic heterocycles. The Kier molecular flexibility index (Phi) is 5.28. The van der Waals surface area contributed by atoms with Gasteiger partial charge < -0.3 is 15.4 Å². The molecule has 0 saturated heterocycles.